The van der Waals surface area contributed by atoms with Crippen LogP contribution < -0.4 is 10.9 Å². The molecule has 9 heteroatoms. The number of rotatable bonds is 2. The molecule has 0 aliphatic carbocycles. The first-order valence-corrected chi connectivity index (χ1v) is 9.63. The van der Waals surface area contributed by atoms with E-state index < -0.39 is 29.1 Å². The number of hydrogen-bond acceptors (Lipinski definition) is 3. The minimum Gasteiger partial charge on any atom is -0.350 e. The van der Waals surface area contributed by atoms with Crippen molar-refractivity contribution in [3.05, 3.63) is 81.2 Å². The second-order valence-corrected chi connectivity index (χ2v) is 7.64. The molecule has 5 rings (SSSR count). The van der Waals surface area contributed by atoms with E-state index in [0.29, 0.717) is 35.2 Å². The van der Waals surface area contributed by atoms with Crippen LogP contribution in [-0.2, 0) is 6.54 Å². The summed E-state index contributed by atoms with van der Waals surface area (Å²) in [5.74, 6) is -2.96. The van der Waals surface area contributed by atoms with Crippen LogP contribution in [0.25, 0.3) is 21.7 Å². The molecule has 3 N–H and O–H groups in total. The van der Waals surface area contributed by atoms with Gasteiger partial charge in [-0.1, -0.05) is 0 Å². The fourth-order valence-electron chi connectivity index (χ4n) is 4.22. The van der Waals surface area contributed by atoms with Crippen molar-refractivity contribution in [3.8, 4) is 0 Å². The highest BCUT2D eigenvalue weighted by Crippen LogP contribution is 2.33. The molecule has 0 bridgehead atoms. The number of aromatic nitrogens is 2. The lowest BCUT2D eigenvalue weighted by Gasteiger charge is -2.34. The maximum absolute atomic E-state index is 14.0. The number of carbonyl (C=O) groups is 1. The van der Waals surface area contributed by atoms with Crippen LogP contribution in [0.15, 0.2) is 41.2 Å². The smallest absolute Gasteiger partial charge is 0.270 e. The summed E-state index contributed by atoms with van der Waals surface area (Å²) in [5.41, 5.74) is 1.30. The number of benzene rings is 2. The van der Waals surface area contributed by atoms with Crippen molar-refractivity contribution in [3.63, 3.8) is 0 Å². The average molecular weight is 426 g/mol. The molecule has 158 valence electrons. The molecule has 1 aliphatic heterocycles. The molecule has 1 atom stereocenters. The van der Waals surface area contributed by atoms with Crippen LogP contribution in [0.2, 0.25) is 0 Å². The van der Waals surface area contributed by atoms with E-state index in [9.17, 15) is 22.8 Å². The summed E-state index contributed by atoms with van der Waals surface area (Å²) in [7, 11) is 1.59. The van der Waals surface area contributed by atoms with Gasteiger partial charge in [-0.2, -0.15) is 0 Å². The summed E-state index contributed by atoms with van der Waals surface area (Å²) in [6.45, 7) is 0.675. The van der Waals surface area contributed by atoms with Gasteiger partial charge in [-0.05, 0) is 41.8 Å². The number of fused-ring (bicyclic) bond motifs is 4. The monoisotopic (exact) mass is 426 g/mol. The standard InChI is InChI=1S/C22H17F3N4O2/c1-29(22(31)17-4-10-2-3-11(23)5-16(10)27-17)19-9-26-8-18-20(19)12-6-14(24)15(25)7-13(12)21(30)28-18/h2-7,19,26-27H,8-9H2,1H3,(H,28,30). The van der Waals surface area contributed by atoms with Crippen molar-refractivity contribution in [2.75, 3.05) is 13.6 Å². The summed E-state index contributed by atoms with van der Waals surface area (Å²) < 4.78 is 41.3. The molecule has 2 aromatic carbocycles. The van der Waals surface area contributed by atoms with Crippen LogP contribution in [0, 0.1) is 17.5 Å². The van der Waals surface area contributed by atoms with Crippen LogP contribution in [0.5, 0.6) is 0 Å². The topological polar surface area (TPSA) is 81.0 Å². The number of aromatic amines is 2. The highest BCUT2D eigenvalue weighted by atomic mass is 19.2. The molecular formula is C22H17F3N4O2. The lowest BCUT2D eigenvalue weighted by atomic mass is 9.93. The maximum Gasteiger partial charge on any atom is 0.270 e. The van der Waals surface area contributed by atoms with Crippen molar-refractivity contribution < 1.29 is 18.0 Å². The van der Waals surface area contributed by atoms with Crippen molar-refractivity contribution >= 4 is 27.6 Å². The van der Waals surface area contributed by atoms with Gasteiger partial charge in [-0.3, -0.25) is 9.59 Å². The van der Waals surface area contributed by atoms with Crippen LogP contribution in [0.3, 0.4) is 0 Å². The van der Waals surface area contributed by atoms with E-state index in [-0.39, 0.29) is 22.4 Å². The molecule has 0 radical (unpaired) electrons. The Morgan fingerprint density at radius 1 is 1.03 bits per heavy atom. The molecule has 1 unspecified atom stereocenters. The number of H-pyrrole nitrogens is 2. The molecular weight excluding hydrogens is 409 g/mol. The first kappa shape index (κ1) is 19.4. The second kappa shape index (κ2) is 6.98. The Hall–Kier alpha value is -3.59. The molecule has 1 aliphatic rings. The quantitative estimate of drug-likeness (QED) is 0.460. The highest BCUT2D eigenvalue weighted by molar-refractivity contribution is 5.98. The molecule has 4 aromatic rings. The van der Waals surface area contributed by atoms with E-state index in [4.69, 9.17) is 0 Å². The molecule has 3 heterocycles. The number of pyridine rings is 1. The number of nitrogens with one attached hydrogen (secondary N) is 3. The predicted molar refractivity (Wildman–Crippen MR) is 109 cm³/mol. The Morgan fingerprint density at radius 3 is 2.55 bits per heavy atom. The van der Waals surface area contributed by atoms with Gasteiger partial charge < -0.3 is 20.2 Å². The molecule has 0 saturated heterocycles. The molecule has 0 saturated carbocycles. The summed E-state index contributed by atoms with van der Waals surface area (Å²) in [6.07, 6.45) is 0. The second-order valence-electron chi connectivity index (χ2n) is 7.64. The van der Waals surface area contributed by atoms with Crippen molar-refractivity contribution in [2.24, 2.45) is 0 Å². The van der Waals surface area contributed by atoms with E-state index in [1.165, 1.54) is 17.0 Å². The number of hydrogen-bond donors (Lipinski definition) is 3. The van der Waals surface area contributed by atoms with Gasteiger partial charge in [0.1, 0.15) is 11.5 Å². The van der Waals surface area contributed by atoms with Crippen LogP contribution in [0.4, 0.5) is 13.2 Å². The normalized spacial score (nSPS) is 15.9. The first-order chi connectivity index (χ1) is 14.8. The van der Waals surface area contributed by atoms with E-state index in [1.807, 2.05) is 0 Å². The minimum atomic E-state index is -1.11. The summed E-state index contributed by atoms with van der Waals surface area (Å²) in [6, 6.07) is 7.14. The highest BCUT2D eigenvalue weighted by Gasteiger charge is 2.31. The third-order valence-corrected chi connectivity index (χ3v) is 5.76. The van der Waals surface area contributed by atoms with Gasteiger partial charge >= 0.3 is 0 Å². The molecule has 31 heavy (non-hydrogen) atoms. The molecule has 1 amide bonds. The largest absolute Gasteiger partial charge is 0.350 e. The zero-order valence-corrected chi connectivity index (χ0v) is 16.4. The third-order valence-electron chi connectivity index (χ3n) is 5.76. The summed E-state index contributed by atoms with van der Waals surface area (Å²) in [4.78, 5) is 32.7. The summed E-state index contributed by atoms with van der Waals surface area (Å²) in [5, 5.41) is 4.11. The molecule has 2 aromatic heterocycles. The lowest BCUT2D eigenvalue weighted by Crippen LogP contribution is -2.42. The Bertz CT molecular complexity index is 1430. The van der Waals surface area contributed by atoms with Crippen LogP contribution in [0.1, 0.15) is 27.8 Å². The lowest BCUT2D eigenvalue weighted by molar-refractivity contribution is 0.0718. The summed E-state index contributed by atoms with van der Waals surface area (Å²) >= 11 is 0. The Balaban J connectivity index is 1.61. The molecule has 0 fully saturated rings. The van der Waals surface area contributed by atoms with Gasteiger partial charge in [0.25, 0.3) is 11.5 Å². The molecule has 6 nitrogen and oxygen atoms in total. The van der Waals surface area contributed by atoms with Crippen molar-refractivity contribution in [1.82, 2.24) is 20.2 Å². The first-order valence-electron chi connectivity index (χ1n) is 9.63. The Kier molecular flexibility index (Phi) is 4.37. The zero-order chi connectivity index (χ0) is 21.9. The van der Waals surface area contributed by atoms with Gasteiger partial charge in [-0.25, -0.2) is 13.2 Å². The molecule has 0 spiro atoms. The fraction of sp³-hybridized carbons (Fsp3) is 0.182. The van der Waals surface area contributed by atoms with Gasteiger partial charge in [0.05, 0.1) is 11.4 Å². The predicted octanol–water partition coefficient (Wildman–Crippen LogP) is 3.34. The van der Waals surface area contributed by atoms with Crippen LogP contribution in [-0.4, -0.2) is 34.4 Å². The minimum absolute atomic E-state index is 0.0199. The average Bonchev–Trinajstić information content (AvgIpc) is 3.17. The Labute approximate surface area is 173 Å². The van der Waals surface area contributed by atoms with Gasteiger partial charge in [-0.15, -0.1) is 0 Å². The number of carbonyl (C=O) groups excluding carboxylic acids is 1. The van der Waals surface area contributed by atoms with E-state index in [1.54, 1.807) is 19.2 Å². The van der Waals surface area contributed by atoms with E-state index >= 15 is 0 Å². The van der Waals surface area contributed by atoms with E-state index in [0.717, 1.165) is 12.1 Å². The SMILES string of the molecule is CN(C(=O)c1cc2ccc(F)cc2[nH]1)C1CNCc2[nH]c(=O)c3cc(F)c(F)cc3c21. The Morgan fingerprint density at radius 2 is 1.77 bits per heavy atom. The van der Waals surface area contributed by atoms with Crippen LogP contribution >= 0.6 is 0 Å². The third kappa shape index (κ3) is 3.09. The van der Waals surface area contributed by atoms with E-state index in [2.05, 4.69) is 15.3 Å². The maximum atomic E-state index is 14.0. The van der Waals surface area contributed by atoms with Gasteiger partial charge in [0, 0.05) is 42.3 Å². The number of halogens is 3. The van der Waals surface area contributed by atoms with Gasteiger partial charge in [0.15, 0.2) is 11.6 Å². The van der Waals surface area contributed by atoms with Crippen molar-refractivity contribution in [2.45, 2.75) is 12.6 Å². The van der Waals surface area contributed by atoms with Crippen molar-refractivity contribution in [1.29, 1.82) is 0 Å². The number of amides is 1. The number of nitrogens with zero attached hydrogens (tertiary/aromatic N) is 1. The number of likely N-dealkylation sites (N-methyl/N-ethyl adjacent to an activating group) is 1. The zero-order valence-electron chi connectivity index (χ0n) is 16.4. The van der Waals surface area contributed by atoms with Gasteiger partial charge in [0.2, 0.25) is 0 Å². The fourth-order valence-corrected chi connectivity index (χ4v) is 4.22.